The lowest BCUT2D eigenvalue weighted by Crippen LogP contribution is -2.18. The van der Waals surface area contributed by atoms with Crippen LogP contribution in [0.2, 0.25) is 0 Å². The third-order valence-corrected chi connectivity index (χ3v) is 3.06. The van der Waals surface area contributed by atoms with Gasteiger partial charge in [-0.15, -0.1) is 0 Å². The second kappa shape index (κ2) is 7.09. The van der Waals surface area contributed by atoms with Crippen LogP contribution in [-0.2, 0) is 4.79 Å². The Hall–Kier alpha value is -1.32. The third kappa shape index (κ3) is 5.52. The van der Waals surface area contributed by atoms with E-state index in [1.54, 1.807) is 12.1 Å². The lowest BCUT2D eigenvalue weighted by molar-refractivity contribution is -0.129. The molecule has 1 saturated carbocycles. The van der Waals surface area contributed by atoms with Gasteiger partial charge in [0, 0.05) is 7.05 Å². The molecule has 1 fully saturated rings. The number of nitrogens with zero attached hydrogens (tertiary/aromatic N) is 2. The minimum absolute atomic E-state index is 0.124. The van der Waals surface area contributed by atoms with Crippen LogP contribution < -0.4 is 0 Å². The van der Waals surface area contributed by atoms with Crippen LogP contribution >= 0.6 is 0 Å². The number of carboxylic acids is 1. The Morgan fingerprint density at radius 1 is 1.41 bits per heavy atom. The van der Waals surface area contributed by atoms with Crippen molar-refractivity contribution in [3.63, 3.8) is 0 Å². The van der Waals surface area contributed by atoms with Gasteiger partial charge in [-0.25, -0.2) is 4.79 Å². The maximum Gasteiger partial charge on any atom is 0.351 e. The fraction of sp³-hybridized carbons (Fsp3) is 0.692. The molecule has 0 unspecified atom stereocenters. The molecule has 0 aromatic heterocycles. The first-order valence-corrected chi connectivity index (χ1v) is 6.26. The second-order valence-electron chi connectivity index (χ2n) is 4.66. The van der Waals surface area contributed by atoms with E-state index in [-0.39, 0.29) is 5.71 Å². The zero-order valence-corrected chi connectivity index (χ0v) is 10.7. The molecule has 0 saturated heterocycles. The van der Waals surface area contributed by atoms with E-state index in [9.17, 15) is 4.79 Å². The van der Waals surface area contributed by atoms with E-state index in [0.29, 0.717) is 12.5 Å². The van der Waals surface area contributed by atoms with Gasteiger partial charge >= 0.3 is 5.97 Å². The van der Waals surface area contributed by atoms with Crippen LogP contribution in [0.25, 0.3) is 0 Å². The summed E-state index contributed by atoms with van der Waals surface area (Å²) in [5, 5.41) is 14.3. The number of hydrogen-bond donors (Lipinski definition) is 1. The summed E-state index contributed by atoms with van der Waals surface area (Å²) in [5.41, 5.74) is 0.124. The molecule has 0 atom stereocenters. The van der Waals surface area contributed by atoms with E-state index < -0.39 is 5.97 Å². The Morgan fingerprint density at radius 3 is 2.65 bits per heavy atom. The molecule has 0 bridgehead atoms. The number of likely N-dealkylation sites (N-methyl/N-ethyl adjacent to an activating group) is 1. The SMILES string of the molecule is CC(=NN(C)CC=CC1CCCCC1)C(=O)O. The van der Waals surface area contributed by atoms with Crippen LogP contribution in [0.3, 0.4) is 0 Å². The van der Waals surface area contributed by atoms with E-state index in [1.165, 1.54) is 39.0 Å². The Labute approximate surface area is 103 Å². The van der Waals surface area contributed by atoms with Crippen LogP contribution in [-0.4, -0.2) is 35.4 Å². The van der Waals surface area contributed by atoms with Gasteiger partial charge in [0.25, 0.3) is 0 Å². The van der Waals surface area contributed by atoms with Gasteiger partial charge in [0.2, 0.25) is 0 Å². The molecule has 4 nitrogen and oxygen atoms in total. The molecule has 0 aromatic rings. The standard InChI is InChI=1S/C13H22N2O2/c1-11(13(16)17)14-15(2)10-6-9-12-7-4-3-5-8-12/h6,9,12H,3-5,7-8,10H2,1-2H3,(H,16,17). The molecular weight excluding hydrogens is 216 g/mol. The summed E-state index contributed by atoms with van der Waals surface area (Å²) in [6, 6.07) is 0. The smallest absolute Gasteiger partial charge is 0.351 e. The fourth-order valence-corrected chi connectivity index (χ4v) is 2.07. The predicted octanol–water partition coefficient (Wildman–Crippen LogP) is 2.52. The van der Waals surface area contributed by atoms with Crippen molar-refractivity contribution >= 4 is 11.7 Å². The Bertz CT molecular complexity index is 305. The van der Waals surface area contributed by atoms with Crippen molar-refractivity contribution in [1.82, 2.24) is 5.01 Å². The van der Waals surface area contributed by atoms with Gasteiger partial charge in [-0.05, 0) is 25.7 Å². The van der Waals surface area contributed by atoms with Crippen LogP contribution in [0.1, 0.15) is 39.0 Å². The topological polar surface area (TPSA) is 52.9 Å². The molecule has 17 heavy (non-hydrogen) atoms. The molecule has 0 spiro atoms. The predicted molar refractivity (Wildman–Crippen MR) is 69.1 cm³/mol. The highest BCUT2D eigenvalue weighted by Crippen LogP contribution is 2.24. The minimum atomic E-state index is -0.965. The molecule has 1 N–H and O–H groups in total. The average molecular weight is 238 g/mol. The number of carboxylic acid groups (broad SMARTS) is 1. The summed E-state index contributed by atoms with van der Waals surface area (Å²) in [4.78, 5) is 10.6. The summed E-state index contributed by atoms with van der Waals surface area (Å²) >= 11 is 0. The van der Waals surface area contributed by atoms with Gasteiger partial charge in [-0.1, -0.05) is 31.4 Å². The lowest BCUT2D eigenvalue weighted by atomic mass is 9.89. The number of allylic oxidation sites excluding steroid dienone is 1. The van der Waals surface area contributed by atoms with Crippen molar-refractivity contribution in [3.8, 4) is 0 Å². The molecule has 0 amide bonds. The van der Waals surface area contributed by atoms with Gasteiger partial charge < -0.3 is 5.11 Å². The van der Waals surface area contributed by atoms with E-state index in [0.717, 1.165) is 0 Å². The highest BCUT2D eigenvalue weighted by atomic mass is 16.4. The first-order valence-electron chi connectivity index (χ1n) is 6.26. The Kier molecular flexibility index (Phi) is 5.73. The van der Waals surface area contributed by atoms with E-state index in [4.69, 9.17) is 5.11 Å². The molecule has 96 valence electrons. The van der Waals surface area contributed by atoms with Crippen LogP contribution in [0, 0.1) is 5.92 Å². The van der Waals surface area contributed by atoms with Crippen LogP contribution in [0.5, 0.6) is 0 Å². The minimum Gasteiger partial charge on any atom is -0.477 e. The summed E-state index contributed by atoms with van der Waals surface area (Å²) in [6.07, 6.45) is 11.0. The second-order valence-corrected chi connectivity index (χ2v) is 4.66. The van der Waals surface area contributed by atoms with Crippen molar-refractivity contribution in [3.05, 3.63) is 12.2 Å². The number of rotatable bonds is 5. The van der Waals surface area contributed by atoms with Crippen molar-refractivity contribution in [1.29, 1.82) is 0 Å². The van der Waals surface area contributed by atoms with Crippen molar-refractivity contribution in [2.45, 2.75) is 39.0 Å². The summed E-state index contributed by atoms with van der Waals surface area (Å²) < 4.78 is 0. The van der Waals surface area contributed by atoms with Gasteiger partial charge in [0.15, 0.2) is 0 Å². The van der Waals surface area contributed by atoms with Crippen molar-refractivity contribution in [2.75, 3.05) is 13.6 Å². The maximum absolute atomic E-state index is 10.6. The molecule has 4 heteroatoms. The van der Waals surface area contributed by atoms with Crippen molar-refractivity contribution < 1.29 is 9.90 Å². The summed E-state index contributed by atoms with van der Waals surface area (Å²) in [6.45, 7) is 2.17. The number of aliphatic carboxylic acids is 1. The lowest BCUT2D eigenvalue weighted by Gasteiger charge is -2.18. The number of hydrogen-bond acceptors (Lipinski definition) is 3. The molecular formula is C13H22N2O2. The quantitative estimate of drug-likeness (QED) is 0.455. The normalized spacial score (nSPS) is 18.6. The third-order valence-electron chi connectivity index (χ3n) is 3.06. The Balaban J connectivity index is 2.31. The van der Waals surface area contributed by atoms with E-state index in [2.05, 4.69) is 17.3 Å². The molecule has 1 rings (SSSR count). The highest BCUT2D eigenvalue weighted by molar-refractivity contribution is 6.34. The first kappa shape index (κ1) is 13.7. The Morgan fingerprint density at radius 2 is 2.06 bits per heavy atom. The van der Waals surface area contributed by atoms with Crippen LogP contribution in [0.4, 0.5) is 0 Å². The zero-order chi connectivity index (χ0) is 12.7. The molecule has 1 aliphatic rings. The summed E-state index contributed by atoms with van der Waals surface area (Å²) in [5.74, 6) is -0.255. The first-order chi connectivity index (χ1) is 8.09. The summed E-state index contributed by atoms with van der Waals surface area (Å²) in [7, 11) is 1.79. The largest absolute Gasteiger partial charge is 0.477 e. The van der Waals surface area contributed by atoms with E-state index >= 15 is 0 Å². The van der Waals surface area contributed by atoms with Crippen LogP contribution in [0.15, 0.2) is 17.3 Å². The van der Waals surface area contributed by atoms with Gasteiger partial charge in [0.05, 0.1) is 6.54 Å². The number of hydrazone groups is 1. The van der Waals surface area contributed by atoms with Gasteiger partial charge in [0.1, 0.15) is 5.71 Å². The monoisotopic (exact) mass is 238 g/mol. The van der Waals surface area contributed by atoms with Gasteiger partial charge in [-0.2, -0.15) is 5.10 Å². The molecule has 0 heterocycles. The van der Waals surface area contributed by atoms with E-state index in [1.807, 2.05) is 0 Å². The molecule has 0 aromatic carbocycles. The molecule has 0 radical (unpaired) electrons. The average Bonchev–Trinajstić information content (AvgIpc) is 2.30. The molecule has 1 aliphatic carbocycles. The zero-order valence-electron chi connectivity index (χ0n) is 10.7. The fourth-order valence-electron chi connectivity index (χ4n) is 2.07. The molecule has 0 aliphatic heterocycles. The maximum atomic E-state index is 10.6. The number of carbonyl (C=O) groups is 1. The highest BCUT2D eigenvalue weighted by Gasteiger charge is 2.09. The van der Waals surface area contributed by atoms with Crippen molar-refractivity contribution in [2.24, 2.45) is 11.0 Å². The van der Waals surface area contributed by atoms with Gasteiger partial charge in [-0.3, -0.25) is 5.01 Å².